The normalized spacial score (nSPS) is 16.0. The van der Waals surface area contributed by atoms with E-state index in [2.05, 4.69) is 234 Å². The van der Waals surface area contributed by atoms with Gasteiger partial charge in [0.25, 0.3) is 0 Å². The van der Waals surface area contributed by atoms with Gasteiger partial charge in [-0.1, -0.05) is 198 Å². The van der Waals surface area contributed by atoms with Gasteiger partial charge in [-0.15, -0.1) is 0 Å². The maximum absolute atomic E-state index is 2.51. The fourth-order valence-electron chi connectivity index (χ4n) is 10.1. The Labute approximate surface area is 337 Å². The van der Waals surface area contributed by atoms with Gasteiger partial charge in [0, 0.05) is 22.4 Å². The Balaban J connectivity index is 1.25. The lowest BCUT2D eigenvalue weighted by Gasteiger charge is -2.47. The van der Waals surface area contributed by atoms with Crippen molar-refractivity contribution >= 4 is 17.1 Å². The largest absolute Gasteiger partial charge is 0.310 e. The molecule has 0 N–H and O–H groups in total. The predicted octanol–water partition coefficient (Wildman–Crippen LogP) is 14.8. The summed E-state index contributed by atoms with van der Waals surface area (Å²) in [7, 11) is 0. The predicted molar refractivity (Wildman–Crippen MR) is 240 cm³/mol. The number of hydrogen-bond donors (Lipinski definition) is 0. The lowest BCUT2D eigenvalue weighted by Crippen LogP contribution is -2.40. The first-order valence-electron chi connectivity index (χ1n) is 20.3. The molecule has 0 saturated carbocycles. The molecular formula is C56H47N. The summed E-state index contributed by atoms with van der Waals surface area (Å²) >= 11 is 0. The van der Waals surface area contributed by atoms with Crippen LogP contribution in [0.15, 0.2) is 194 Å². The summed E-state index contributed by atoms with van der Waals surface area (Å²) in [6.07, 6.45) is 0. The molecule has 276 valence electrons. The third-order valence-electron chi connectivity index (χ3n) is 12.7. The van der Waals surface area contributed by atoms with E-state index in [1.54, 1.807) is 0 Å². The summed E-state index contributed by atoms with van der Waals surface area (Å²) in [6, 6.07) is 72.2. The van der Waals surface area contributed by atoms with E-state index in [0.29, 0.717) is 0 Å². The zero-order valence-corrected chi connectivity index (χ0v) is 33.4. The molecular weight excluding hydrogens is 687 g/mol. The van der Waals surface area contributed by atoms with Crippen molar-refractivity contribution in [2.75, 3.05) is 4.90 Å². The van der Waals surface area contributed by atoms with E-state index >= 15 is 0 Å². The van der Waals surface area contributed by atoms with Crippen molar-refractivity contribution < 1.29 is 0 Å². The highest BCUT2D eigenvalue weighted by Crippen LogP contribution is 2.63. The van der Waals surface area contributed by atoms with Crippen molar-refractivity contribution in [2.45, 2.75) is 50.9 Å². The van der Waals surface area contributed by atoms with Gasteiger partial charge in [-0.3, -0.25) is 0 Å². The first-order valence-corrected chi connectivity index (χ1v) is 20.3. The minimum atomic E-state index is -0.461. The molecule has 0 saturated heterocycles. The van der Waals surface area contributed by atoms with E-state index in [0.717, 1.165) is 17.1 Å². The highest BCUT2D eigenvalue weighted by molar-refractivity contribution is 5.92. The molecule has 2 aliphatic carbocycles. The zero-order valence-electron chi connectivity index (χ0n) is 33.4. The zero-order chi connectivity index (χ0) is 38.9. The second-order valence-electron chi connectivity index (χ2n) is 17.3. The smallest absolute Gasteiger partial charge is 0.0719 e. The monoisotopic (exact) mass is 733 g/mol. The van der Waals surface area contributed by atoms with Crippen LogP contribution in [0.3, 0.4) is 0 Å². The van der Waals surface area contributed by atoms with E-state index in [9.17, 15) is 0 Å². The molecule has 1 nitrogen and oxygen atoms in total. The van der Waals surface area contributed by atoms with Crippen LogP contribution in [0.25, 0.3) is 33.4 Å². The number of benzene rings is 8. The van der Waals surface area contributed by atoms with Crippen LogP contribution in [0.5, 0.6) is 0 Å². The van der Waals surface area contributed by atoms with Gasteiger partial charge >= 0.3 is 0 Å². The van der Waals surface area contributed by atoms with Crippen LogP contribution in [0.1, 0.15) is 73.6 Å². The molecule has 8 aromatic rings. The van der Waals surface area contributed by atoms with E-state index in [4.69, 9.17) is 0 Å². The molecule has 0 aromatic heterocycles. The second-order valence-corrected chi connectivity index (χ2v) is 17.3. The molecule has 0 heterocycles. The van der Waals surface area contributed by atoms with Crippen molar-refractivity contribution in [3.63, 3.8) is 0 Å². The molecule has 0 aliphatic heterocycles. The molecule has 0 fully saturated rings. The standard InChI is InChI=1S/C56H47N/c1-54(2,3)49-28-18-29-50-53(49)44-24-12-14-25-45(44)56(50)47-27-16-15-26-46(47)55(4,5)51-37-42(35-36-48(51)56)57(41-33-31-39(32-34-41)38-19-8-6-9-20-38)52-30-17-13-23-43(52)40-21-10-7-11-22-40/h6-37H,1-5H3. The SMILES string of the molecule is CC(C)(C)c1cccc2c1-c1ccccc1C21c2ccccc2C(C)(C)c2cc(N(c3ccc(-c4ccccc4)cc3)c3ccccc3-c3ccccc3)ccc21. The van der Waals surface area contributed by atoms with Crippen LogP contribution in [0, 0.1) is 0 Å². The third kappa shape index (κ3) is 5.29. The van der Waals surface area contributed by atoms with Crippen molar-refractivity contribution in [1.29, 1.82) is 0 Å². The van der Waals surface area contributed by atoms with Gasteiger partial charge in [0.2, 0.25) is 0 Å². The number of rotatable bonds is 5. The molecule has 1 atom stereocenters. The Morgan fingerprint density at radius 3 is 1.61 bits per heavy atom. The van der Waals surface area contributed by atoms with Crippen LogP contribution in [0.2, 0.25) is 0 Å². The molecule has 1 heteroatoms. The molecule has 2 aliphatic rings. The van der Waals surface area contributed by atoms with Gasteiger partial charge in [-0.2, -0.15) is 0 Å². The maximum atomic E-state index is 2.51. The number of fused-ring (bicyclic) bond motifs is 9. The summed E-state index contributed by atoms with van der Waals surface area (Å²) < 4.78 is 0. The van der Waals surface area contributed by atoms with Gasteiger partial charge in [0.15, 0.2) is 0 Å². The third-order valence-corrected chi connectivity index (χ3v) is 12.7. The second kappa shape index (κ2) is 13.1. The fourth-order valence-corrected chi connectivity index (χ4v) is 10.1. The van der Waals surface area contributed by atoms with Gasteiger partial charge in [0.05, 0.1) is 11.1 Å². The average molecular weight is 734 g/mol. The maximum Gasteiger partial charge on any atom is 0.0719 e. The van der Waals surface area contributed by atoms with Crippen molar-refractivity contribution in [2.24, 2.45) is 0 Å². The first kappa shape index (κ1) is 35.0. The lowest BCUT2D eigenvalue weighted by atomic mass is 9.55. The van der Waals surface area contributed by atoms with E-state index in [1.807, 2.05) is 0 Å². The van der Waals surface area contributed by atoms with Crippen molar-refractivity contribution in [3.8, 4) is 33.4 Å². The number of anilines is 3. The van der Waals surface area contributed by atoms with Crippen LogP contribution >= 0.6 is 0 Å². The molecule has 0 amide bonds. The summed E-state index contributed by atoms with van der Waals surface area (Å²) in [5, 5.41) is 0. The van der Waals surface area contributed by atoms with E-state index < -0.39 is 5.41 Å². The van der Waals surface area contributed by atoms with Gasteiger partial charge in [-0.25, -0.2) is 0 Å². The Hall–Kier alpha value is -6.44. The molecule has 0 radical (unpaired) electrons. The highest BCUT2D eigenvalue weighted by atomic mass is 15.1. The minimum absolute atomic E-state index is 0.0210. The molecule has 10 rings (SSSR count). The van der Waals surface area contributed by atoms with Crippen molar-refractivity contribution in [3.05, 3.63) is 233 Å². The van der Waals surface area contributed by atoms with Crippen LogP contribution in [-0.2, 0) is 16.2 Å². The van der Waals surface area contributed by atoms with Crippen LogP contribution in [-0.4, -0.2) is 0 Å². The topological polar surface area (TPSA) is 3.24 Å². The Morgan fingerprint density at radius 2 is 0.912 bits per heavy atom. The molecule has 1 spiro atoms. The van der Waals surface area contributed by atoms with Crippen LogP contribution < -0.4 is 4.90 Å². The molecule has 8 aromatic carbocycles. The highest BCUT2D eigenvalue weighted by Gasteiger charge is 2.54. The van der Waals surface area contributed by atoms with E-state index in [-0.39, 0.29) is 10.8 Å². The van der Waals surface area contributed by atoms with Gasteiger partial charge in [0.1, 0.15) is 0 Å². The average Bonchev–Trinajstić information content (AvgIpc) is 3.55. The number of hydrogen-bond acceptors (Lipinski definition) is 1. The fraction of sp³-hybridized carbons (Fsp3) is 0.143. The summed E-state index contributed by atoms with van der Waals surface area (Å²) in [5.41, 5.74) is 19.8. The van der Waals surface area contributed by atoms with Crippen molar-refractivity contribution in [1.82, 2.24) is 0 Å². The molecule has 57 heavy (non-hydrogen) atoms. The number of para-hydroxylation sites is 1. The first-order chi connectivity index (χ1) is 27.7. The quantitative estimate of drug-likeness (QED) is 0.170. The Kier molecular flexibility index (Phi) is 8.03. The molecule has 0 bridgehead atoms. The summed E-state index contributed by atoms with van der Waals surface area (Å²) in [4.78, 5) is 2.47. The lowest BCUT2D eigenvalue weighted by molar-refractivity contribution is 0.561. The minimum Gasteiger partial charge on any atom is -0.310 e. The van der Waals surface area contributed by atoms with Gasteiger partial charge in [-0.05, 0) is 103 Å². The Bertz CT molecular complexity index is 2790. The number of nitrogens with zero attached hydrogens (tertiary/aromatic N) is 1. The molecule has 1 unspecified atom stereocenters. The van der Waals surface area contributed by atoms with E-state index in [1.165, 1.54) is 72.3 Å². The summed E-state index contributed by atoms with van der Waals surface area (Å²) in [5.74, 6) is 0. The Morgan fingerprint density at radius 1 is 0.386 bits per heavy atom. The van der Waals surface area contributed by atoms with Crippen LogP contribution in [0.4, 0.5) is 17.1 Å². The summed E-state index contributed by atoms with van der Waals surface area (Å²) in [6.45, 7) is 11.9. The van der Waals surface area contributed by atoms with Gasteiger partial charge < -0.3 is 4.90 Å².